The highest BCUT2D eigenvalue weighted by Gasteiger charge is 1.93. The van der Waals surface area contributed by atoms with Crippen molar-refractivity contribution in [2.75, 3.05) is 12.8 Å². The van der Waals surface area contributed by atoms with Crippen molar-refractivity contribution in [3.05, 3.63) is 29.3 Å². The first kappa shape index (κ1) is 11.7. The molecule has 0 aromatic heterocycles. The first-order valence-electron chi connectivity index (χ1n) is 4.52. The van der Waals surface area contributed by atoms with Crippen LogP contribution in [0.4, 0.5) is 5.69 Å². The summed E-state index contributed by atoms with van der Waals surface area (Å²) >= 11 is 0. The molecule has 2 heteroatoms. The van der Waals surface area contributed by atoms with E-state index in [4.69, 9.17) is 5.73 Å². The van der Waals surface area contributed by atoms with Crippen molar-refractivity contribution < 1.29 is 0 Å². The molecular weight excluding hydrogens is 160 g/mol. The quantitative estimate of drug-likeness (QED) is 0.521. The normalized spacial score (nSPS) is 9.54. The van der Waals surface area contributed by atoms with Gasteiger partial charge in [-0.05, 0) is 18.6 Å². The molecule has 0 atom stereocenters. The Morgan fingerprint density at radius 2 is 1.92 bits per heavy atom. The Morgan fingerprint density at radius 3 is 2.38 bits per heavy atom. The number of nitrogen functional groups attached to an aromatic ring is 1. The summed E-state index contributed by atoms with van der Waals surface area (Å²) in [6.45, 7) is 6.02. The molecule has 72 valence electrons. The number of hydrogen-bond acceptors (Lipinski definition) is 2. The van der Waals surface area contributed by atoms with Gasteiger partial charge < -0.3 is 5.73 Å². The second kappa shape index (κ2) is 6.23. The Kier molecular flexibility index (Phi) is 5.60. The first-order chi connectivity index (χ1) is 6.24. The largest absolute Gasteiger partial charge is 0.398 e. The molecule has 0 bridgehead atoms. The average molecular weight is 178 g/mol. The molecule has 0 aliphatic carbocycles. The molecule has 2 nitrogen and oxygen atoms in total. The van der Waals surface area contributed by atoms with Crippen LogP contribution in [-0.2, 0) is 0 Å². The SMILES string of the molecule is CC.CN=Cc1ccc(C)cc1N. The van der Waals surface area contributed by atoms with Gasteiger partial charge in [0.25, 0.3) is 0 Å². The molecule has 1 rings (SSSR count). The van der Waals surface area contributed by atoms with E-state index in [1.54, 1.807) is 13.3 Å². The van der Waals surface area contributed by atoms with Crippen molar-refractivity contribution >= 4 is 11.9 Å². The minimum atomic E-state index is 0.788. The van der Waals surface area contributed by atoms with Crippen LogP contribution in [0.1, 0.15) is 25.0 Å². The lowest BCUT2D eigenvalue weighted by atomic mass is 10.1. The molecule has 0 saturated carbocycles. The maximum Gasteiger partial charge on any atom is 0.0405 e. The zero-order valence-electron chi connectivity index (χ0n) is 8.83. The summed E-state index contributed by atoms with van der Waals surface area (Å²) in [5, 5.41) is 0. The van der Waals surface area contributed by atoms with Crippen molar-refractivity contribution in [3.63, 3.8) is 0 Å². The number of anilines is 1. The lowest BCUT2D eigenvalue weighted by Gasteiger charge is -1.99. The molecule has 0 spiro atoms. The van der Waals surface area contributed by atoms with Crippen LogP contribution in [0.25, 0.3) is 0 Å². The van der Waals surface area contributed by atoms with Crippen LogP contribution < -0.4 is 5.73 Å². The van der Waals surface area contributed by atoms with E-state index in [1.165, 1.54) is 5.56 Å². The van der Waals surface area contributed by atoms with Crippen molar-refractivity contribution in [1.82, 2.24) is 0 Å². The lowest BCUT2D eigenvalue weighted by Crippen LogP contribution is -1.93. The zero-order chi connectivity index (χ0) is 10.3. The Labute approximate surface area is 80.5 Å². The molecule has 0 fully saturated rings. The highest BCUT2D eigenvalue weighted by atomic mass is 14.6. The third-order valence-electron chi connectivity index (χ3n) is 1.51. The molecule has 1 aromatic rings. The fourth-order valence-electron chi connectivity index (χ4n) is 0.951. The Morgan fingerprint density at radius 1 is 1.31 bits per heavy atom. The molecule has 0 aliphatic heterocycles. The van der Waals surface area contributed by atoms with E-state index >= 15 is 0 Å². The smallest absolute Gasteiger partial charge is 0.0405 e. The predicted molar refractivity (Wildman–Crippen MR) is 60.5 cm³/mol. The van der Waals surface area contributed by atoms with Crippen LogP contribution in [-0.4, -0.2) is 13.3 Å². The number of aryl methyl sites for hydroxylation is 1. The summed E-state index contributed by atoms with van der Waals surface area (Å²) in [6, 6.07) is 5.93. The van der Waals surface area contributed by atoms with E-state index in [-0.39, 0.29) is 0 Å². The number of benzene rings is 1. The fraction of sp³-hybridized carbons (Fsp3) is 0.364. The number of nitrogens with two attached hydrogens (primary N) is 1. The number of aliphatic imine (C=N–C) groups is 1. The van der Waals surface area contributed by atoms with E-state index < -0.39 is 0 Å². The molecule has 0 amide bonds. The highest BCUT2D eigenvalue weighted by Crippen LogP contribution is 2.10. The van der Waals surface area contributed by atoms with Gasteiger partial charge >= 0.3 is 0 Å². The van der Waals surface area contributed by atoms with E-state index in [0.29, 0.717) is 0 Å². The summed E-state index contributed by atoms with van der Waals surface area (Å²) in [6.07, 6.45) is 1.76. The van der Waals surface area contributed by atoms with Crippen molar-refractivity contribution in [1.29, 1.82) is 0 Å². The van der Waals surface area contributed by atoms with E-state index in [0.717, 1.165) is 11.3 Å². The summed E-state index contributed by atoms with van der Waals surface area (Å²) in [5.41, 5.74) is 8.66. The average Bonchev–Trinajstić information content (AvgIpc) is 2.14. The van der Waals surface area contributed by atoms with Crippen LogP contribution in [0.2, 0.25) is 0 Å². The zero-order valence-corrected chi connectivity index (χ0v) is 8.83. The van der Waals surface area contributed by atoms with E-state index in [2.05, 4.69) is 4.99 Å². The third-order valence-corrected chi connectivity index (χ3v) is 1.51. The first-order valence-corrected chi connectivity index (χ1v) is 4.52. The Balaban J connectivity index is 0.000000671. The topological polar surface area (TPSA) is 38.4 Å². The van der Waals surface area contributed by atoms with Gasteiger partial charge in [0.15, 0.2) is 0 Å². The monoisotopic (exact) mass is 178 g/mol. The minimum Gasteiger partial charge on any atom is -0.398 e. The molecule has 0 heterocycles. The predicted octanol–water partition coefficient (Wildman–Crippen LogP) is 2.65. The molecule has 0 saturated heterocycles. The summed E-state index contributed by atoms with van der Waals surface area (Å²) < 4.78 is 0. The van der Waals surface area contributed by atoms with Gasteiger partial charge in [-0.3, -0.25) is 4.99 Å². The molecule has 0 radical (unpaired) electrons. The molecular formula is C11H18N2. The van der Waals surface area contributed by atoms with Crippen LogP contribution in [0, 0.1) is 6.92 Å². The van der Waals surface area contributed by atoms with E-state index in [1.807, 2.05) is 39.0 Å². The summed E-state index contributed by atoms with van der Waals surface area (Å²) in [5.74, 6) is 0. The molecule has 0 unspecified atom stereocenters. The second-order valence-corrected chi connectivity index (χ2v) is 2.52. The van der Waals surface area contributed by atoms with Crippen LogP contribution in [0.5, 0.6) is 0 Å². The second-order valence-electron chi connectivity index (χ2n) is 2.52. The number of rotatable bonds is 1. The van der Waals surface area contributed by atoms with Crippen LogP contribution in [0.3, 0.4) is 0 Å². The van der Waals surface area contributed by atoms with Crippen LogP contribution >= 0.6 is 0 Å². The maximum absolute atomic E-state index is 5.72. The van der Waals surface area contributed by atoms with Crippen molar-refractivity contribution in [2.24, 2.45) is 4.99 Å². The number of hydrogen-bond donors (Lipinski definition) is 1. The van der Waals surface area contributed by atoms with Gasteiger partial charge in [-0.2, -0.15) is 0 Å². The van der Waals surface area contributed by atoms with Crippen LogP contribution in [0.15, 0.2) is 23.2 Å². The van der Waals surface area contributed by atoms with Gasteiger partial charge in [-0.15, -0.1) is 0 Å². The highest BCUT2D eigenvalue weighted by molar-refractivity contribution is 5.86. The van der Waals surface area contributed by atoms with Gasteiger partial charge in [-0.1, -0.05) is 26.0 Å². The number of nitrogens with zero attached hydrogens (tertiary/aromatic N) is 1. The molecule has 2 N–H and O–H groups in total. The minimum absolute atomic E-state index is 0.788. The van der Waals surface area contributed by atoms with Gasteiger partial charge in [0.1, 0.15) is 0 Å². The summed E-state index contributed by atoms with van der Waals surface area (Å²) in [4.78, 5) is 3.89. The van der Waals surface area contributed by atoms with Crippen molar-refractivity contribution in [2.45, 2.75) is 20.8 Å². The molecule has 13 heavy (non-hydrogen) atoms. The maximum atomic E-state index is 5.72. The van der Waals surface area contributed by atoms with Gasteiger partial charge in [0.05, 0.1) is 0 Å². The standard InChI is InChI=1S/C9H12N2.C2H6/c1-7-3-4-8(6-11-2)9(10)5-7;1-2/h3-6H,10H2,1-2H3;1-2H3. The lowest BCUT2D eigenvalue weighted by molar-refractivity contribution is 1.44. The Hall–Kier alpha value is -1.31. The van der Waals surface area contributed by atoms with Gasteiger partial charge in [0.2, 0.25) is 0 Å². The third kappa shape index (κ3) is 3.74. The molecule has 0 aliphatic rings. The summed E-state index contributed by atoms with van der Waals surface area (Å²) in [7, 11) is 1.74. The van der Waals surface area contributed by atoms with Gasteiger partial charge in [0, 0.05) is 24.5 Å². The van der Waals surface area contributed by atoms with E-state index in [9.17, 15) is 0 Å². The van der Waals surface area contributed by atoms with Gasteiger partial charge in [-0.25, -0.2) is 0 Å². The molecule has 1 aromatic carbocycles. The fourth-order valence-corrected chi connectivity index (χ4v) is 0.951. The van der Waals surface area contributed by atoms with Crippen molar-refractivity contribution in [3.8, 4) is 0 Å². The Bertz CT molecular complexity index is 277.